The molecule has 0 bridgehead atoms. The van der Waals surface area contributed by atoms with Crippen LogP contribution in [0.5, 0.6) is 5.75 Å². The quantitative estimate of drug-likeness (QED) is 0.773. The van der Waals surface area contributed by atoms with Crippen molar-refractivity contribution in [2.75, 3.05) is 6.54 Å². The monoisotopic (exact) mass is 193 g/mol. The van der Waals surface area contributed by atoms with E-state index in [9.17, 15) is 5.11 Å². The Morgan fingerprint density at radius 3 is 2.50 bits per heavy atom. The maximum atomic E-state index is 9.71. The number of hydrogen-bond acceptors (Lipinski definition) is 2. The van der Waals surface area contributed by atoms with E-state index in [1.807, 2.05) is 19.1 Å². The largest absolute Gasteiger partial charge is 0.508 e. The molecule has 1 rings (SSSR count). The molecule has 14 heavy (non-hydrogen) atoms. The normalized spacial score (nSPS) is 11.7. The molecular weight excluding hydrogens is 174 g/mol. The molecule has 1 aromatic carbocycles. The van der Waals surface area contributed by atoms with Gasteiger partial charge in [-0.3, -0.25) is 0 Å². The van der Waals surface area contributed by atoms with Crippen molar-refractivity contribution in [2.45, 2.75) is 27.2 Å². The van der Waals surface area contributed by atoms with Gasteiger partial charge in [0.1, 0.15) is 5.75 Å². The molecule has 0 radical (unpaired) electrons. The van der Waals surface area contributed by atoms with Crippen molar-refractivity contribution >= 4 is 0 Å². The molecule has 0 aliphatic rings. The van der Waals surface area contributed by atoms with Crippen LogP contribution in [0.2, 0.25) is 0 Å². The summed E-state index contributed by atoms with van der Waals surface area (Å²) in [6.07, 6.45) is 0.815. The summed E-state index contributed by atoms with van der Waals surface area (Å²) in [6, 6.07) is 5.78. The topological polar surface area (TPSA) is 46.2 Å². The Morgan fingerprint density at radius 2 is 2.00 bits per heavy atom. The zero-order chi connectivity index (χ0) is 10.8. The second-order valence-electron chi connectivity index (χ2n) is 4.68. The minimum Gasteiger partial charge on any atom is -0.508 e. The van der Waals surface area contributed by atoms with Gasteiger partial charge < -0.3 is 10.8 Å². The number of hydrogen-bond donors (Lipinski definition) is 2. The van der Waals surface area contributed by atoms with Crippen molar-refractivity contribution in [2.24, 2.45) is 11.1 Å². The van der Waals surface area contributed by atoms with Gasteiger partial charge in [-0.2, -0.15) is 0 Å². The standard InChI is InChI=1S/C12H19NO/c1-9-4-5-10(11(14)6-9)7-12(2,3)8-13/h4-6,14H,7-8,13H2,1-3H3. The Bertz CT molecular complexity index is 318. The van der Waals surface area contributed by atoms with Gasteiger partial charge in [0.2, 0.25) is 0 Å². The summed E-state index contributed by atoms with van der Waals surface area (Å²) in [5, 5.41) is 9.71. The summed E-state index contributed by atoms with van der Waals surface area (Å²) in [6.45, 7) is 6.80. The lowest BCUT2D eigenvalue weighted by Crippen LogP contribution is -2.25. The molecule has 0 aromatic heterocycles. The average Bonchev–Trinajstić information content (AvgIpc) is 2.10. The van der Waals surface area contributed by atoms with E-state index in [0.29, 0.717) is 12.3 Å². The van der Waals surface area contributed by atoms with Gasteiger partial charge in [0.25, 0.3) is 0 Å². The van der Waals surface area contributed by atoms with Crippen LogP contribution in [0.3, 0.4) is 0 Å². The van der Waals surface area contributed by atoms with E-state index in [1.54, 1.807) is 6.07 Å². The summed E-state index contributed by atoms with van der Waals surface area (Å²) in [7, 11) is 0. The Balaban J connectivity index is 2.87. The molecule has 0 spiro atoms. The smallest absolute Gasteiger partial charge is 0.119 e. The van der Waals surface area contributed by atoms with Crippen molar-refractivity contribution < 1.29 is 5.11 Å². The van der Waals surface area contributed by atoms with Gasteiger partial charge in [0, 0.05) is 0 Å². The van der Waals surface area contributed by atoms with E-state index >= 15 is 0 Å². The van der Waals surface area contributed by atoms with E-state index in [1.165, 1.54) is 0 Å². The Labute approximate surface area is 85.8 Å². The minimum atomic E-state index is 0.0484. The second kappa shape index (κ2) is 4.01. The highest BCUT2D eigenvalue weighted by molar-refractivity contribution is 5.36. The van der Waals surface area contributed by atoms with Crippen molar-refractivity contribution in [3.05, 3.63) is 29.3 Å². The van der Waals surface area contributed by atoms with E-state index < -0.39 is 0 Å². The average molecular weight is 193 g/mol. The minimum absolute atomic E-state index is 0.0484. The van der Waals surface area contributed by atoms with Crippen molar-refractivity contribution in [3.8, 4) is 5.75 Å². The first-order valence-corrected chi connectivity index (χ1v) is 4.93. The van der Waals surface area contributed by atoms with Crippen LogP contribution >= 0.6 is 0 Å². The van der Waals surface area contributed by atoms with Crippen molar-refractivity contribution in [1.82, 2.24) is 0 Å². The first-order chi connectivity index (χ1) is 6.44. The lowest BCUT2D eigenvalue weighted by Gasteiger charge is -2.22. The second-order valence-corrected chi connectivity index (χ2v) is 4.68. The summed E-state index contributed by atoms with van der Waals surface area (Å²) >= 11 is 0. The molecule has 1 aromatic rings. The molecule has 0 amide bonds. The number of aromatic hydroxyl groups is 1. The molecule has 0 saturated carbocycles. The predicted octanol–water partition coefficient (Wildman–Crippen LogP) is 2.23. The third-order valence-electron chi connectivity index (χ3n) is 2.46. The third-order valence-corrected chi connectivity index (χ3v) is 2.46. The van der Waals surface area contributed by atoms with Crippen LogP contribution in [0.1, 0.15) is 25.0 Å². The number of phenols is 1. The molecule has 0 saturated heterocycles. The molecule has 3 N–H and O–H groups in total. The van der Waals surface area contributed by atoms with Gasteiger partial charge >= 0.3 is 0 Å². The maximum Gasteiger partial charge on any atom is 0.119 e. The van der Waals surface area contributed by atoms with Crippen LogP contribution in [-0.4, -0.2) is 11.7 Å². The number of rotatable bonds is 3. The Kier molecular flexibility index (Phi) is 3.17. The van der Waals surface area contributed by atoms with E-state index in [4.69, 9.17) is 5.73 Å². The van der Waals surface area contributed by atoms with Gasteiger partial charge in [-0.15, -0.1) is 0 Å². The van der Waals surface area contributed by atoms with E-state index in [-0.39, 0.29) is 5.41 Å². The molecule has 0 aliphatic carbocycles. The summed E-state index contributed by atoms with van der Waals surface area (Å²) in [5.41, 5.74) is 7.76. The fourth-order valence-corrected chi connectivity index (χ4v) is 1.41. The van der Waals surface area contributed by atoms with Gasteiger partial charge in [0.05, 0.1) is 0 Å². The van der Waals surface area contributed by atoms with Crippen LogP contribution in [0.15, 0.2) is 18.2 Å². The lowest BCUT2D eigenvalue weighted by molar-refractivity contribution is 0.366. The number of benzene rings is 1. The van der Waals surface area contributed by atoms with Crippen molar-refractivity contribution in [1.29, 1.82) is 0 Å². The van der Waals surface area contributed by atoms with Crippen LogP contribution in [0.25, 0.3) is 0 Å². The SMILES string of the molecule is Cc1ccc(CC(C)(C)CN)c(O)c1. The maximum absolute atomic E-state index is 9.71. The molecule has 2 heteroatoms. The highest BCUT2D eigenvalue weighted by Gasteiger charge is 2.17. The van der Waals surface area contributed by atoms with E-state index in [2.05, 4.69) is 13.8 Å². The van der Waals surface area contributed by atoms with E-state index in [0.717, 1.165) is 17.5 Å². The summed E-state index contributed by atoms with van der Waals surface area (Å²) < 4.78 is 0. The van der Waals surface area contributed by atoms with Crippen molar-refractivity contribution in [3.63, 3.8) is 0 Å². The van der Waals surface area contributed by atoms with Gasteiger partial charge in [-0.25, -0.2) is 0 Å². The van der Waals surface area contributed by atoms with Gasteiger partial charge in [0.15, 0.2) is 0 Å². The Morgan fingerprint density at radius 1 is 1.36 bits per heavy atom. The third kappa shape index (κ3) is 2.74. The zero-order valence-electron chi connectivity index (χ0n) is 9.17. The van der Waals surface area contributed by atoms with Crippen LogP contribution in [-0.2, 0) is 6.42 Å². The molecule has 2 nitrogen and oxygen atoms in total. The fraction of sp³-hybridized carbons (Fsp3) is 0.500. The van der Waals surface area contributed by atoms with Gasteiger partial charge in [-0.05, 0) is 42.5 Å². The molecule has 0 unspecified atom stereocenters. The summed E-state index contributed by atoms with van der Waals surface area (Å²) in [5.74, 6) is 0.381. The fourth-order valence-electron chi connectivity index (χ4n) is 1.41. The first kappa shape index (κ1) is 11.1. The Hall–Kier alpha value is -1.02. The lowest BCUT2D eigenvalue weighted by atomic mass is 9.85. The highest BCUT2D eigenvalue weighted by atomic mass is 16.3. The van der Waals surface area contributed by atoms with Crippen LogP contribution in [0, 0.1) is 12.3 Å². The molecule has 0 aliphatic heterocycles. The molecule has 0 heterocycles. The van der Waals surface area contributed by atoms with Crippen LogP contribution in [0.4, 0.5) is 0 Å². The van der Waals surface area contributed by atoms with Gasteiger partial charge in [-0.1, -0.05) is 26.0 Å². The predicted molar refractivity (Wildman–Crippen MR) is 59.4 cm³/mol. The molecular formula is C12H19NO. The summed E-state index contributed by atoms with van der Waals surface area (Å²) in [4.78, 5) is 0. The first-order valence-electron chi connectivity index (χ1n) is 4.93. The number of nitrogens with two attached hydrogens (primary N) is 1. The van der Waals surface area contributed by atoms with Crippen LogP contribution < -0.4 is 5.73 Å². The number of phenolic OH excluding ortho intramolecular Hbond substituents is 1. The highest BCUT2D eigenvalue weighted by Crippen LogP contribution is 2.26. The molecule has 0 atom stereocenters. The number of aryl methyl sites for hydroxylation is 1. The zero-order valence-corrected chi connectivity index (χ0v) is 9.17. The molecule has 0 fully saturated rings. The molecule has 78 valence electrons.